The SMILES string of the molecule is CN(c1nc2ccc(F)cc2s1)C1CCc2c(CC(=O)O)c3cc(OC(F)(F)F)ccn3c2C1. The van der Waals surface area contributed by atoms with Crippen molar-refractivity contribution in [2.24, 2.45) is 0 Å². The average molecular weight is 493 g/mol. The summed E-state index contributed by atoms with van der Waals surface area (Å²) in [5.41, 5.74) is 3.32. The van der Waals surface area contributed by atoms with Gasteiger partial charge in [-0.2, -0.15) is 0 Å². The van der Waals surface area contributed by atoms with Gasteiger partial charge in [-0.15, -0.1) is 13.2 Å². The Morgan fingerprint density at radius 1 is 1.32 bits per heavy atom. The number of hydrogen-bond acceptors (Lipinski definition) is 5. The van der Waals surface area contributed by atoms with E-state index in [1.54, 1.807) is 10.5 Å². The van der Waals surface area contributed by atoms with Gasteiger partial charge in [-0.25, -0.2) is 9.37 Å². The van der Waals surface area contributed by atoms with Gasteiger partial charge in [0.2, 0.25) is 0 Å². The Morgan fingerprint density at radius 3 is 2.85 bits per heavy atom. The number of hydrogen-bond donors (Lipinski definition) is 1. The third-order valence-electron chi connectivity index (χ3n) is 6.15. The standard InChI is InChI=1S/C23H19F4N3O3S/c1-29(22-28-17-5-2-12(24)8-20(17)34-22)13-3-4-15-16(11-21(31)32)19-10-14(33-23(25,26)27)6-7-30(19)18(15)9-13/h2,5-8,10,13H,3-4,9,11H2,1H3,(H,31,32). The number of ether oxygens (including phenoxy) is 1. The van der Waals surface area contributed by atoms with Crippen LogP contribution in [0.2, 0.25) is 0 Å². The lowest BCUT2D eigenvalue weighted by molar-refractivity contribution is -0.274. The third kappa shape index (κ3) is 4.15. The minimum Gasteiger partial charge on any atom is -0.481 e. The van der Waals surface area contributed by atoms with Crippen LogP contribution in [0.15, 0.2) is 36.5 Å². The molecule has 1 aliphatic rings. The van der Waals surface area contributed by atoms with Gasteiger partial charge in [0.05, 0.1) is 22.2 Å². The molecule has 0 spiro atoms. The number of carboxylic acids is 1. The summed E-state index contributed by atoms with van der Waals surface area (Å²) in [5, 5.41) is 10.2. The van der Waals surface area contributed by atoms with Crippen molar-refractivity contribution in [3.8, 4) is 5.75 Å². The zero-order valence-corrected chi connectivity index (χ0v) is 18.7. The predicted molar refractivity (Wildman–Crippen MR) is 119 cm³/mol. The number of pyridine rings is 1. The highest BCUT2D eigenvalue weighted by molar-refractivity contribution is 7.22. The fraction of sp³-hybridized carbons (Fsp3) is 0.304. The summed E-state index contributed by atoms with van der Waals surface area (Å²) in [5.74, 6) is -1.78. The van der Waals surface area contributed by atoms with Crippen molar-refractivity contribution >= 4 is 38.2 Å². The van der Waals surface area contributed by atoms with Gasteiger partial charge in [0.15, 0.2) is 5.13 Å². The van der Waals surface area contributed by atoms with Crippen molar-refractivity contribution in [3.63, 3.8) is 0 Å². The molecule has 0 amide bonds. The first kappa shape index (κ1) is 22.5. The third-order valence-corrected chi connectivity index (χ3v) is 7.25. The lowest BCUT2D eigenvalue weighted by atomic mass is 9.89. The molecular weight excluding hydrogens is 474 g/mol. The fourth-order valence-electron chi connectivity index (χ4n) is 4.65. The average Bonchev–Trinajstić information content (AvgIpc) is 3.30. The van der Waals surface area contributed by atoms with Gasteiger partial charge in [-0.3, -0.25) is 4.79 Å². The van der Waals surface area contributed by atoms with Gasteiger partial charge in [0.1, 0.15) is 11.6 Å². The summed E-state index contributed by atoms with van der Waals surface area (Å²) in [7, 11) is 1.91. The zero-order chi connectivity index (χ0) is 24.2. The van der Waals surface area contributed by atoms with Gasteiger partial charge in [0.25, 0.3) is 0 Å². The molecule has 0 aliphatic heterocycles. The molecule has 0 saturated heterocycles. The molecule has 1 atom stereocenters. The number of thiazole rings is 1. The van der Waals surface area contributed by atoms with Gasteiger partial charge >= 0.3 is 12.3 Å². The molecule has 34 heavy (non-hydrogen) atoms. The maximum atomic E-state index is 13.6. The first-order valence-corrected chi connectivity index (χ1v) is 11.3. The smallest absolute Gasteiger partial charge is 0.481 e. The van der Waals surface area contributed by atoms with Crippen molar-refractivity contribution in [2.45, 2.75) is 38.1 Å². The molecule has 4 aromatic rings. The van der Waals surface area contributed by atoms with Gasteiger partial charge in [-0.05, 0) is 48.2 Å². The predicted octanol–water partition coefficient (Wildman–Crippen LogP) is 5.21. The molecule has 0 bridgehead atoms. The number of nitrogens with zero attached hydrogens (tertiary/aromatic N) is 3. The molecule has 0 radical (unpaired) electrons. The van der Waals surface area contributed by atoms with E-state index in [2.05, 4.69) is 9.72 Å². The highest BCUT2D eigenvalue weighted by atomic mass is 32.1. The van der Waals surface area contributed by atoms with E-state index in [-0.39, 0.29) is 18.3 Å². The van der Waals surface area contributed by atoms with Crippen LogP contribution in [0.3, 0.4) is 0 Å². The second kappa shape index (κ2) is 8.15. The van der Waals surface area contributed by atoms with Crippen molar-refractivity contribution < 1.29 is 32.2 Å². The van der Waals surface area contributed by atoms with Crippen LogP contribution in [0.1, 0.15) is 23.2 Å². The van der Waals surface area contributed by atoms with Crippen LogP contribution in [0.5, 0.6) is 5.75 Å². The van der Waals surface area contributed by atoms with Gasteiger partial charge < -0.3 is 19.1 Å². The molecule has 1 aliphatic carbocycles. The number of rotatable bonds is 5. The highest BCUT2D eigenvalue weighted by Gasteiger charge is 2.33. The van der Waals surface area contributed by atoms with Crippen LogP contribution in [0.4, 0.5) is 22.7 Å². The van der Waals surface area contributed by atoms with E-state index in [1.165, 1.54) is 41.8 Å². The second-order valence-corrected chi connectivity index (χ2v) is 9.26. The number of aliphatic carboxylic acids is 1. The van der Waals surface area contributed by atoms with Crippen LogP contribution in [-0.4, -0.2) is 39.9 Å². The molecule has 6 nitrogen and oxygen atoms in total. The number of halogens is 4. The first-order valence-electron chi connectivity index (χ1n) is 10.5. The van der Waals surface area contributed by atoms with Gasteiger partial charge in [0, 0.05) is 37.5 Å². The molecule has 3 heterocycles. The summed E-state index contributed by atoms with van der Waals surface area (Å²) in [6.45, 7) is 0. The molecule has 1 unspecified atom stereocenters. The number of benzene rings is 1. The Hall–Kier alpha value is -3.34. The van der Waals surface area contributed by atoms with E-state index >= 15 is 0 Å². The Balaban J connectivity index is 1.51. The monoisotopic (exact) mass is 493 g/mol. The quantitative estimate of drug-likeness (QED) is 0.387. The van der Waals surface area contributed by atoms with Crippen LogP contribution < -0.4 is 9.64 Å². The second-order valence-electron chi connectivity index (χ2n) is 8.26. The number of anilines is 1. The number of carboxylic acid groups (broad SMARTS) is 1. The lowest BCUT2D eigenvalue weighted by Gasteiger charge is -2.31. The Labute approximate surface area is 195 Å². The first-order chi connectivity index (χ1) is 16.1. The van der Waals surface area contributed by atoms with Crippen LogP contribution in [0.25, 0.3) is 15.7 Å². The molecule has 1 aromatic carbocycles. The number of aromatic nitrogens is 2. The van der Waals surface area contributed by atoms with Crippen molar-refractivity contribution in [1.82, 2.24) is 9.38 Å². The minimum atomic E-state index is -4.84. The Bertz CT molecular complexity index is 1410. The maximum Gasteiger partial charge on any atom is 0.573 e. The molecule has 0 fully saturated rings. The number of carbonyl (C=O) groups is 1. The molecule has 11 heteroatoms. The summed E-state index contributed by atoms with van der Waals surface area (Å²) in [6, 6.07) is 6.94. The molecule has 5 rings (SSSR count). The van der Waals surface area contributed by atoms with E-state index in [1.807, 2.05) is 11.9 Å². The normalized spacial score (nSPS) is 16.1. The van der Waals surface area contributed by atoms with E-state index in [0.717, 1.165) is 21.1 Å². The Morgan fingerprint density at radius 2 is 2.12 bits per heavy atom. The highest BCUT2D eigenvalue weighted by Crippen LogP contribution is 2.37. The lowest BCUT2D eigenvalue weighted by Crippen LogP contribution is -2.36. The molecule has 178 valence electrons. The number of likely N-dealkylation sites (N-methyl/N-ethyl adjacent to an activating group) is 1. The molecule has 0 saturated carbocycles. The van der Waals surface area contributed by atoms with Crippen molar-refractivity contribution in [1.29, 1.82) is 0 Å². The van der Waals surface area contributed by atoms with E-state index in [0.29, 0.717) is 35.9 Å². The largest absolute Gasteiger partial charge is 0.573 e. The van der Waals surface area contributed by atoms with E-state index in [9.17, 15) is 27.5 Å². The van der Waals surface area contributed by atoms with E-state index < -0.39 is 18.1 Å². The Kier molecular flexibility index (Phi) is 5.38. The van der Waals surface area contributed by atoms with E-state index in [4.69, 9.17) is 0 Å². The molecular formula is C23H19F4N3O3S. The minimum absolute atomic E-state index is 0.0276. The van der Waals surface area contributed by atoms with Crippen LogP contribution in [-0.2, 0) is 24.1 Å². The van der Waals surface area contributed by atoms with Crippen LogP contribution in [0, 0.1) is 5.82 Å². The van der Waals surface area contributed by atoms with Crippen molar-refractivity contribution in [3.05, 3.63) is 59.2 Å². The summed E-state index contributed by atoms with van der Waals surface area (Å²) < 4.78 is 58.3. The summed E-state index contributed by atoms with van der Waals surface area (Å²) >= 11 is 1.39. The fourth-order valence-corrected chi connectivity index (χ4v) is 5.67. The molecule has 3 aromatic heterocycles. The maximum absolute atomic E-state index is 13.6. The number of fused-ring (bicyclic) bond motifs is 4. The summed E-state index contributed by atoms with van der Waals surface area (Å²) in [6.07, 6.45) is -1.81. The van der Waals surface area contributed by atoms with Gasteiger partial charge in [-0.1, -0.05) is 11.3 Å². The topological polar surface area (TPSA) is 67.1 Å². The van der Waals surface area contributed by atoms with Crippen LogP contribution >= 0.6 is 11.3 Å². The molecule has 1 N–H and O–H groups in total. The zero-order valence-electron chi connectivity index (χ0n) is 17.9. The van der Waals surface area contributed by atoms with Crippen molar-refractivity contribution in [2.75, 3.05) is 11.9 Å². The number of alkyl halides is 3. The summed E-state index contributed by atoms with van der Waals surface area (Å²) in [4.78, 5) is 18.2.